The summed E-state index contributed by atoms with van der Waals surface area (Å²) in [6.07, 6.45) is 0.278. The van der Waals surface area contributed by atoms with Crippen LogP contribution in [0.2, 0.25) is 5.02 Å². The van der Waals surface area contributed by atoms with Crippen molar-refractivity contribution in [1.29, 1.82) is 0 Å². The first-order chi connectivity index (χ1) is 15.5. The molecular weight excluding hydrogens is 428 g/mol. The highest BCUT2D eigenvalue weighted by atomic mass is 35.5. The van der Waals surface area contributed by atoms with Gasteiger partial charge in [0, 0.05) is 40.6 Å². The van der Waals surface area contributed by atoms with E-state index in [9.17, 15) is 14.9 Å². The Morgan fingerprint density at radius 3 is 2.34 bits per heavy atom. The lowest BCUT2D eigenvalue weighted by Crippen LogP contribution is -2.24. The fraction of sp³-hybridized carbons (Fsp3) is 0.0833. The van der Waals surface area contributed by atoms with Crippen LogP contribution in [0.5, 0.6) is 0 Å². The first kappa shape index (κ1) is 20.0. The molecule has 1 aliphatic heterocycles. The molecule has 1 aromatic heterocycles. The Morgan fingerprint density at radius 1 is 1.00 bits per heavy atom. The van der Waals surface area contributed by atoms with Gasteiger partial charge in [0.1, 0.15) is 5.82 Å². The molecule has 0 fully saturated rings. The summed E-state index contributed by atoms with van der Waals surface area (Å²) in [5.74, 6) is 0.229. The van der Waals surface area contributed by atoms with E-state index >= 15 is 0 Å². The molecular formula is C24H17ClN4O3. The fourth-order valence-electron chi connectivity index (χ4n) is 4.04. The van der Waals surface area contributed by atoms with Crippen LogP contribution in [-0.2, 0) is 4.79 Å². The molecule has 0 radical (unpaired) electrons. The van der Waals surface area contributed by atoms with E-state index in [1.165, 1.54) is 12.1 Å². The van der Waals surface area contributed by atoms with Crippen molar-refractivity contribution in [3.05, 3.63) is 105 Å². The number of aromatic nitrogens is 2. The monoisotopic (exact) mass is 444 g/mol. The van der Waals surface area contributed by atoms with E-state index < -0.39 is 4.92 Å². The summed E-state index contributed by atoms with van der Waals surface area (Å²) in [5, 5.41) is 19.5. The lowest BCUT2D eigenvalue weighted by atomic mass is 9.84. The van der Waals surface area contributed by atoms with Gasteiger partial charge in [-0.2, -0.15) is 5.10 Å². The molecule has 1 unspecified atom stereocenters. The molecule has 32 heavy (non-hydrogen) atoms. The number of nitro groups is 1. The van der Waals surface area contributed by atoms with Gasteiger partial charge in [0.25, 0.3) is 5.69 Å². The normalized spacial score (nSPS) is 15.2. The maximum Gasteiger partial charge on any atom is 0.269 e. The zero-order chi connectivity index (χ0) is 22.2. The van der Waals surface area contributed by atoms with E-state index in [1.54, 1.807) is 16.8 Å². The Morgan fingerprint density at radius 2 is 1.69 bits per heavy atom. The fourth-order valence-corrected chi connectivity index (χ4v) is 4.17. The second-order valence-corrected chi connectivity index (χ2v) is 7.96. The number of hydrogen-bond acceptors (Lipinski definition) is 4. The summed E-state index contributed by atoms with van der Waals surface area (Å²) in [4.78, 5) is 23.3. The highest BCUT2D eigenvalue weighted by molar-refractivity contribution is 6.30. The molecule has 5 rings (SSSR count). The van der Waals surface area contributed by atoms with Gasteiger partial charge in [-0.1, -0.05) is 54.1 Å². The van der Waals surface area contributed by atoms with Crippen LogP contribution in [0.15, 0.2) is 78.9 Å². The molecule has 2 heterocycles. The van der Waals surface area contributed by atoms with Crippen molar-refractivity contribution in [3.63, 3.8) is 0 Å². The molecule has 0 spiro atoms. The third-order valence-corrected chi connectivity index (χ3v) is 5.79. The van der Waals surface area contributed by atoms with Crippen molar-refractivity contribution in [2.24, 2.45) is 0 Å². The predicted molar refractivity (Wildman–Crippen MR) is 122 cm³/mol. The largest absolute Gasteiger partial charge is 0.310 e. The number of non-ortho nitro benzene ring substituents is 1. The van der Waals surface area contributed by atoms with E-state index in [0.717, 1.165) is 22.4 Å². The van der Waals surface area contributed by atoms with Crippen molar-refractivity contribution in [2.45, 2.75) is 12.3 Å². The second-order valence-electron chi connectivity index (χ2n) is 7.52. The van der Waals surface area contributed by atoms with E-state index in [-0.39, 0.29) is 23.9 Å². The first-order valence-corrected chi connectivity index (χ1v) is 10.4. The number of anilines is 1. The van der Waals surface area contributed by atoms with Gasteiger partial charge in [0.15, 0.2) is 0 Å². The van der Waals surface area contributed by atoms with Crippen LogP contribution in [0.3, 0.4) is 0 Å². The van der Waals surface area contributed by atoms with Gasteiger partial charge in [0.2, 0.25) is 5.91 Å². The molecule has 3 aromatic carbocycles. The minimum atomic E-state index is -0.448. The van der Waals surface area contributed by atoms with Gasteiger partial charge in [0.05, 0.1) is 16.3 Å². The third-order valence-electron chi connectivity index (χ3n) is 5.54. The first-order valence-electron chi connectivity index (χ1n) is 10.00. The van der Waals surface area contributed by atoms with Crippen LogP contribution in [0, 0.1) is 10.1 Å². The number of fused-ring (bicyclic) bond motifs is 1. The number of carbonyl (C=O) groups excluding carboxylic acids is 1. The number of benzene rings is 3. The van der Waals surface area contributed by atoms with E-state index in [0.29, 0.717) is 16.5 Å². The molecule has 8 heteroatoms. The van der Waals surface area contributed by atoms with Crippen LogP contribution in [0.4, 0.5) is 11.5 Å². The summed E-state index contributed by atoms with van der Waals surface area (Å²) in [7, 11) is 0. The molecule has 1 atom stereocenters. The van der Waals surface area contributed by atoms with Gasteiger partial charge in [-0.3, -0.25) is 14.9 Å². The topological polar surface area (TPSA) is 90.1 Å². The van der Waals surface area contributed by atoms with Crippen LogP contribution in [-0.4, -0.2) is 20.6 Å². The Kier molecular flexibility index (Phi) is 4.95. The molecule has 1 amide bonds. The highest BCUT2D eigenvalue weighted by Gasteiger charge is 2.34. The lowest BCUT2D eigenvalue weighted by molar-refractivity contribution is -0.384. The summed E-state index contributed by atoms with van der Waals surface area (Å²) in [6, 6.07) is 23.3. The number of hydrogen-bond donors (Lipinski definition) is 1. The molecule has 1 N–H and O–H groups in total. The molecule has 1 aliphatic rings. The number of nitro benzene ring substituents is 1. The summed E-state index contributed by atoms with van der Waals surface area (Å²) < 4.78 is 1.64. The Balaban J connectivity index is 1.73. The van der Waals surface area contributed by atoms with E-state index in [2.05, 4.69) is 5.32 Å². The SMILES string of the molecule is O=C1CC(c2ccc(Cl)cc2)c2c(-c3ccccc3)nn(-c3ccc([N+](=O)[O-])cc3)c2N1. The van der Waals surface area contributed by atoms with Gasteiger partial charge >= 0.3 is 0 Å². The van der Waals surface area contributed by atoms with E-state index in [1.807, 2.05) is 54.6 Å². The van der Waals surface area contributed by atoms with Crippen molar-refractivity contribution in [1.82, 2.24) is 9.78 Å². The maximum atomic E-state index is 12.7. The molecule has 0 saturated carbocycles. The molecule has 4 aromatic rings. The van der Waals surface area contributed by atoms with Crippen molar-refractivity contribution < 1.29 is 9.72 Å². The number of rotatable bonds is 4. The van der Waals surface area contributed by atoms with Crippen LogP contribution < -0.4 is 5.32 Å². The number of nitrogens with one attached hydrogen (secondary N) is 1. The minimum absolute atomic E-state index is 0.0128. The lowest BCUT2D eigenvalue weighted by Gasteiger charge is -2.25. The Hall–Kier alpha value is -3.97. The summed E-state index contributed by atoms with van der Waals surface area (Å²) in [6.45, 7) is 0. The molecule has 7 nitrogen and oxygen atoms in total. The van der Waals surface area contributed by atoms with Gasteiger partial charge < -0.3 is 5.32 Å². The number of nitrogens with zero attached hydrogens (tertiary/aromatic N) is 3. The molecule has 0 aliphatic carbocycles. The maximum absolute atomic E-state index is 12.7. The smallest absolute Gasteiger partial charge is 0.269 e. The van der Waals surface area contributed by atoms with Crippen molar-refractivity contribution >= 4 is 29.0 Å². The minimum Gasteiger partial charge on any atom is -0.310 e. The Labute approximate surface area is 188 Å². The van der Waals surface area contributed by atoms with Crippen molar-refractivity contribution in [3.8, 4) is 16.9 Å². The number of amides is 1. The standard InChI is InChI=1S/C24H17ClN4O3/c25-17-8-6-15(7-9-17)20-14-21(30)26-24-22(20)23(16-4-2-1-3-5-16)27-28(24)18-10-12-19(13-11-18)29(31)32/h1-13,20H,14H2,(H,26,30). The quantitative estimate of drug-likeness (QED) is 0.329. The van der Waals surface area contributed by atoms with Crippen LogP contribution >= 0.6 is 11.6 Å². The number of carbonyl (C=O) groups is 1. The highest BCUT2D eigenvalue weighted by Crippen LogP contribution is 2.44. The molecule has 0 bridgehead atoms. The zero-order valence-electron chi connectivity index (χ0n) is 16.7. The summed E-state index contributed by atoms with van der Waals surface area (Å²) >= 11 is 6.08. The van der Waals surface area contributed by atoms with Crippen LogP contribution in [0.1, 0.15) is 23.5 Å². The average Bonchev–Trinajstić information content (AvgIpc) is 3.19. The molecule has 0 saturated heterocycles. The van der Waals surface area contributed by atoms with Crippen LogP contribution in [0.25, 0.3) is 16.9 Å². The molecule has 158 valence electrons. The van der Waals surface area contributed by atoms with E-state index in [4.69, 9.17) is 16.7 Å². The summed E-state index contributed by atoms with van der Waals surface area (Å²) in [5.41, 5.74) is 4.13. The number of halogens is 1. The Bertz CT molecular complexity index is 1320. The second kappa shape index (κ2) is 7.94. The van der Waals surface area contributed by atoms with Crippen molar-refractivity contribution in [2.75, 3.05) is 5.32 Å². The third kappa shape index (κ3) is 3.52. The van der Waals surface area contributed by atoms with Gasteiger partial charge in [-0.15, -0.1) is 0 Å². The average molecular weight is 445 g/mol. The van der Waals surface area contributed by atoms with Gasteiger partial charge in [-0.25, -0.2) is 4.68 Å². The van der Waals surface area contributed by atoms with Gasteiger partial charge in [-0.05, 0) is 29.8 Å². The zero-order valence-corrected chi connectivity index (χ0v) is 17.5. The predicted octanol–water partition coefficient (Wildman–Crippen LogP) is 5.58.